The maximum absolute atomic E-state index is 4.46. The summed E-state index contributed by atoms with van der Waals surface area (Å²) in [6.45, 7) is 6.68. The van der Waals surface area contributed by atoms with Gasteiger partial charge in [-0.25, -0.2) is 4.98 Å². The molecule has 0 saturated carbocycles. The van der Waals surface area contributed by atoms with Gasteiger partial charge in [0.25, 0.3) is 0 Å². The van der Waals surface area contributed by atoms with Crippen LogP contribution in [0.4, 0.5) is 5.82 Å². The lowest BCUT2D eigenvalue weighted by atomic mass is 10.1. The number of pyridine rings is 1. The van der Waals surface area contributed by atoms with E-state index in [0.717, 1.165) is 12.4 Å². The van der Waals surface area contributed by atoms with E-state index >= 15 is 0 Å². The molecule has 3 heteroatoms. The molecular weight excluding hydrogens is 198 g/mol. The molecule has 0 aliphatic carbocycles. The highest BCUT2D eigenvalue weighted by Crippen LogP contribution is 2.16. The fourth-order valence-electron chi connectivity index (χ4n) is 2.09. The van der Waals surface area contributed by atoms with E-state index in [9.17, 15) is 0 Å². The van der Waals surface area contributed by atoms with Crippen LogP contribution >= 0.6 is 0 Å². The third kappa shape index (κ3) is 2.73. The summed E-state index contributed by atoms with van der Waals surface area (Å²) in [6, 6.07) is 4.81. The summed E-state index contributed by atoms with van der Waals surface area (Å²) in [5.41, 5.74) is 1.30. The molecule has 2 rings (SSSR count). The van der Waals surface area contributed by atoms with Crippen molar-refractivity contribution >= 4 is 5.82 Å². The summed E-state index contributed by atoms with van der Waals surface area (Å²) in [6.07, 6.45) is 3.19. The van der Waals surface area contributed by atoms with Crippen molar-refractivity contribution in [2.75, 3.05) is 25.5 Å². The van der Waals surface area contributed by atoms with Gasteiger partial charge in [-0.1, -0.05) is 19.9 Å². The number of likely N-dealkylation sites (tertiary alicyclic amines) is 1. The van der Waals surface area contributed by atoms with Gasteiger partial charge >= 0.3 is 0 Å². The Labute approximate surface area is 97.9 Å². The molecule has 1 aliphatic rings. The van der Waals surface area contributed by atoms with Gasteiger partial charge in [-0.05, 0) is 37.6 Å². The Balaban J connectivity index is 1.95. The molecule has 88 valence electrons. The molecule has 0 aromatic carbocycles. The third-order valence-electron chi connectivity index (χ3n) is 3.20. The fourth-order valence-corrected chi connectivity index (χ4v) is 2.09. The molecule has 1 aliphatic heterocycles. The van der Waals surface area contributed by atoms with E-state index in [1.807, 2.05) is 6.20 Å². The summed E-state index contributed by atoms with van der Waals surface area (Å²) in [5, 5.41) is 3.48. The Hall–Kier alpha value is -1.09. The van der Waals surface area contributed by atoms with Gasteiger partial charge < -0.3 is 10.2 Å². The van der Waals surface area contributed by atoms with Crippen molar-refractivity contribution in [3.63, 3.8) is 0 Å². The van der Waals surface area contributed by atoms with Crippen LogP contribution in [0.1, 0.15) is 31.7 Å². The first-order valence-corrected chi connectivity index (χ1v) is 6.06. The van der Waals surface area contributed by atoms with Gasteiger partial charge in [0.1, 0.15) is 5.82 Å². The molecule has 0 bridgehead atoms. The molecule has 1 fully saturated rings. The molecule has 0 spiro atoms. The Bertz CT molecular complexity index is 332. The number of aromatic nitrogens is 1. The zero-order valence-corrected chi connectivity index (χ0v) is 10.4. The molecule has 3 nitrogen and oxygen atoms in total. The number of nitrogens with zero attached hydrogens (tertiary/aromatic N) is 2. The van der Waals surface area contributed by atoms with Crippen LogP contribution in [0.2, 0.25) is 0 Å². The van der Waals surface area contributed by atoms with E-state index in [2.05, 4.69) is 48.2 Å². The van der Waals surface area contributed by atoms with Gasteiger partial charge in [0.15, 0.2) is 0 Å². The van der Waals surface area contributed by atoms with Crippen LogP contribution in [0.15, 0.2) is 18.3 Å². The maximum Gasteiger partial charge on any atom is 0.126 e. The van der Waals surface area contributed by atoms with Crippen LogP contribution in [-0.2, 0) is 0 Å². The second kappa shape index (κ2) is 4.83. The average molecular weight is 219 g/mol. The van der Waals surface area contributed by atoms with E-state index in [0.29, 0.717) is 12.0 Å². The van der Waals surface area contributed by atoms with Crippen molar-refractivity contribution in [2.45, 2.75) is 32.2 Å². The standard InChI is InChI=1S/C13H21N3/c1-10(2)11-4-5-13(14-8-11)15-12-6-7-16(3)9-12/h4-5,8,10,12H,6-7,9H2,1-3H3,(H,14,15)/t12-/m0/s1. The van der Waals surface area contributed by atoms with Gasteiger partial charge in [-0.2, -0.15) is 0 Å². The first-order valence-electron chi connectivity index (χ1n) is 6.06. The lowest BCUT2D eigenvalue weighted by Gasteiger charge is -2.14. The van der Waals surface area contributed by atoms with Crippen LogP contribution in [0.5, 0.6) is 0 Å². The second-order valence-electron chi connectivity index (χ2n) is 5.02. The number of hydrogen-bond donors (Lipinski definition) is 1. The summed E-state index contributed by atoms with van der Waals surface area (Å²) in [5.74, 6) is 1.56. The monoisotopic (exact) mass is 219 g/mol. The number of hydrogen-bond acceptors (Lipinski definition) is 3. The quantitative estimate of drug-likeness (QED) is 0.845. The van der Waals surface area contributed by atoms with E-state index < -0.39 is 0 Å². The zero-order valence-electron chi connectivity index (χ0n) is 10.4. The zero-order chi connectivity index (χ0) is 11.5. The number of likely N-dealkylation sites (N-methyl/N-ethyl adjacent to an activating group) is 1. The molecule has 1 atom stereocenters. The Morgan fingerprint density at radius 1 is 1.44 bits per heavy atom. The predicted molar refractivity (Wildman–Crippen MR) is 67.9 cm³/mol. The molecule has 0 amide bonds. The number of anilines is 1. The highest BCUT2D eigenvalue weighted by molar-refractivity contribution is 5.37. The van der Waals surface area contributed by atoms with Gasteiger partial charge in [-0.15, -0.1) is 0 Å². The van der Waals surface area contributed by atoms with Crippen LogP contribution in [-0.4, -0.2) is 36.1 Å². The minimum atomic E-state index is 0.555. The first-order chi connectivity index (χ1) is 7.65. The molecular formula is C13H21N3. The van der Waals surface area contributed by atoms with Crippen LogP contribution in [0.3, 0.4) is 0 Å². The Morgan fingerprint density at radius 2 is 2.25 bits per heavy atom. The lowest BCUT2D eigenvalue weighted by molar-refractivity contribution is 0.414. The molecule has 0 radical (unpaired) electrons. The second-order valence-corrected chi connectivity index (χ2v) is 5.02. The first kappa shape index (κ1) is 11.4. The Morgan fingerprint density at radius 3 is 2.75 bits per heavy atom. The lowest BCUT2D eigenvalue weighted by Crippen LogP contribution is -2.23. The van der Waals surface area contributed by atoms with Gasteiger partial charge in [0, 0.05) is 18.8 Å². The van der Waals surface area contributed by atoms with Crippen molar-refractivity contribution in [1.29, 1.82) is 0 Å². The fraction of sp³-hybridized carbons (Fsp3) is 0.615. The number of nitrogens with one attached hydrogen (secondary N) is 1. The highest BCUT2D eigenvalue weighted by atomic mass is 15.2. The van der Waals surface area contributed by atoms with Crippen molar-refractivity contribution in [2.24, 2.45) is 0 Å². The topological polar surface area (TPSA) is 28.2 Å². The minimum absolute atomic E-state index is 0.555. The van der Waals surface area contributed by atoms with Gasteiger partial charge in [0.05, 0.1) is 0 Å². The number of rotatable bonds is 3. The smallest absolute Gasteiger partial charge is 0.126 e. The van der Waals surface area contributed by atoms with E-state index in [1.165, 1.54) is 18.5 Å². The van der Waals surface area contributed by atoms with Crippen molar-refractivity contribution in [1.82, 2.24) is 9.88 Å². The SMILES string of the molecule is CC(C)c1ccc(N[C@H]2CCN(C)C2)nc1. The molecule has 16 heavy (non-hydrogen) atoms. The molecule has 1 N–H and O–H groups in total. The molecule has 0 unspecified atom stereocenters. The van der Waals surface area contributed by atoms with E-state index in [4.69, 9.17) is 0 Å². The predicted octanol–water partition coefficient (Wildman–Crippen LogP) is 2.32. The molecule has 1 saturated heterocycles. The van der Waals surface area contributed by atoms with Crippen molar-refractivity contribution < 1.29 is 0 Å². The molecule has 1 aromatic rings. The summed E-state index contributed by atoms with van der Waals surface area (Å²) in [7, 11) is 2.16. The third-order valence-corrected chi connectivity index (χ3v) is 3.20. The molecule has 1 aromatic heterocycles. The minimum Gasteiger partial charge on any atom is -0.366 e. The maximum atomic E-state index is 4.46. The molecule has 2 heterocycles. The highest BCUT2D eigenvalue weighted by Gasteiger charge is 2.19. The van der Waals surface area contributed by atoms with Crippen molar-refractivity contribution in [3.05, 3.63) is 23.9 Å². The summed E-state index contributed by atoms with van der Waals surface area (Å²) in [4.78, 5) is 6.81. The van der Waals surface area contributed by atoms with Gasteiger partial charge in [-0.3, -0.25) is 0 Å². The van der Waals surface area contributed by atoms with Crippen LogP contribution < -0.4 is 5.32 Å². The average Bonchev–Trinajstić information content (AvgIpc) is 2.65. The van der Waals surface area contributed by atoms with Gasteiger partial charge in [0.2, 0.25) is 0 Å². The summed E-state index contributed by atoms with van der Waals surface area (Å²) < 4.78 is 0. The Kier molecular flexibility index (Phi) is 3.44. The van der Waals surface area contributed by atoms with Crippen molar-refractivity contribution in [3.8, 4) is 0 Å². The van der Waals surface area contributed by atoms with E-state index in [1.54, 1.807) is 0 Å². The normalized spacial score (nSPS) is 21.6. The van der Waals surface area contributed by atoms with Crippen LogP contribution in [0.25, 0.3) is 0 Å². The summed E-state index contributed by atoms with van der Waals surface area (Å²) >= 11 is 0. The van der Waals surface area contributed by atoms with E-state index in [-0.39, 0.29) is 0 Å². The largest absolute Gasteiger partial charge is 0.366 e. The van der Waals surface area contributed by atoms with Crippen LogP contribution in [0, 0.1) is 0 Å².